The zero-order valence-electron chi connectivity index (χ0n) is 13.9. The van der Waals surface area contributed by atoms with Crippen LogP contribution in [0.1, 0.15) is 19.5 Å². The van der Waals surface area contributed by atoms with Crippen molar-refractivity contribution in [3.05, 3.63) is 18.0 Å². The summed E-state index contributed by atoms with van der Waals surface area (Å²) < 4.78 is 4.87. The second kappa shape index (κ2) is 9.14. The van der Waals surface area contributed by atoms with Crippen LogP contribution in [-0.2, 0) is 11.3 Å². The molecule has 1 aromatic heterocycles. The zero-order chi connectivity index (χ0) is 16.5. The summed E-state index contributed by atoms with van der Waals surface area (Å²) in [6.07, 6.45) is 1.60. The van der Waals surface area contributed by atoms with Crippen LogP contribution < -0.4 is 10.6 Å². The Morgan fingerprint density at radius 3 is 2.61 bits per heavy atom. The Hall–Kier alpha value is -2.09. The molecule has 0 bridgehead atoms. The molecule has 0 unspecified atom stereocenters. The molecule has 128 valence electrons. The lowest BCUT2D eigenvalue weighted by Crippen LogP contribution is -2.52. The summed E-state index contributed by atoms with van der Waals surface area (Å²) in [5.74, 6) is 0.757. The molecule has 2 rings (SSSR count). The van der Waals surface area contributed by atoms with Crippen molar-refractivity contribution in [1.82, 2.24) is 25.6 Å². The van der Waals surface area contributed by atoms with E-state index < -0.39 is 0 Å². The number of carbonyl (C=O) groups excluding carboxylic acids is 1. The summed E-state index contributed by atoms with van der Waals surface area (Å²) in [6, 6.07) is 1.89. The molecule has 2 heterocycles. The second-order valence-corrected chi connectivity index (χ2v) is 5.38. The summed E-state index contributed by atoms with van der Waals surface area (Å²) in [5.41, 5.74) is 0.954. The average molecular weight is 322 g/mol. The summed E-state index contributed by atoms with van der Waals surface area (Å²) in [6.45, 7) is 9.92. The van der Waals surface area contributed by atoms with Gasteiger partial charge in [-0.05, 0) is 13.8 Å². The summed E-state index contributed by atoms with van der Waals surface area (Å²) in [7, 11) is 0. The van der Waals surface area contributed by atoms with Gasteiger partial charge in [0.15, 0.2) is 5.96 Å². The van der Waals surface area contributed by atoms with Gasteiger partial charge in [-0.25, -0.2) is 4.99 Å². The number of hydrogen-bond donors (Lipinski definition) is 2. The van der Waals surface area contributed by atoms with Crippen molar-refractivity contribution in [3.8, 4) is 0 Å². The van der Waals surface area contributed by atoms with Crippen molar-refractivity contribution < 1.29 is 9.32 Å². The molecule has 1 saturated heterocycles. The van der Waals surface area contributed by atoms with Gasteiger partial charge in [0.05, 0.1) is 5.69 Å². The fourth-order valence-corrected chi connectivity index (χ4v) is 2.49. The monoisotopic (exact) mass is 322 g/mol. The molecular formula is C15H26N6O2. The average Bonchev–Trinajstić information content (AvgIpc) is 3.05. The smallest absolute Gasteiger partial charge is 0.241 e. The van der Waals surface area contributed by atoms with Crippen LogP contribution in [-0.4, -0.2) is 72.6 Å². The summed E-state index contributed by atoms with van der Waals surface area (Å²) >= 11 is 0. The maximum atomic E-state index is 11.6. The van der Waals surface area contributed by atoms with Gasteiger partial charge in [0.25, 0.3) is 0 Å². The quantitative estimate of drug-likeness (QED) is 0.562. The lowest BCUT2D eigenvalue weighted by Gasteiger charge is -2.36. The van der Waals surface area contributed by atoms with E-state index in [0.717, 1.165) is 50.9 Å². The van der Waals surface area contributed by atoms with Gasteiger partial charge in [-0.3, -0.25) is 9.69 Å². The Morgan fingerprint density at radius 2 is 2.00 bits per heavy atom. The molecule has 1 aliphatic heterocycles. The van der Waals surface area contributed by atoms with E-state index in [-0.39, 0.29) is 12.5 Å². The van der Waals surface area contributed by atoms with E-state index in [4.69, 9.17) is 4.52 Å². The van der Waals surface area contributed by atoms with Gasteiger partial charge < -0.3 is 20.1 Å². The number of guanidine groups is 1. The Kier molecular flexibility index (Phi) is 6.86. The molecule has 0 atom stereocenters. The molecule has 1 aliphatic rings. The number of nitrogens with one attached hydrogen (secondary N) is 2. The number of aromatic nitrogens is 1. The van der Waals surface area contributed by atoms with Gasteiger partial charge >= 0.3 is 0 Å². The molecular weight excluding hydrogens is 296 g/mol. The van der Waals surface area contributed by atoms with Crippen molar-refractivity contribution in [2.75, 3.05) is 45.8 Å². The SMILES string of the molecule is CCNC(=O)CN=C(NCC)N1CCN(Cc2ccon2)CC1. The number of carbonyl (C=O) groups is 1. The van der Waals surface area contributed by atoms with E-state index in [1.807, 2.05) is 19.9 Å². The van der Waals surface area contributed by atoms with Crippen LogP contribution in [0.3, 0.4) is 0 Å². The number of rotatable bonds is 6. The predicted molar refractivity (Wildman–Crippen MR) is 88.0 cm³/mol. The lowest BCUT2D eigenvalue weighted by atomic mass is 10.3. The molecule has 1 amide bonds. The van der Waals surface area contributed by atoms with E-state index in [9.17, 15) is 4.79 Å². The van der Waals surface area contributed by atoms with Crippen LogP contribution in [0.5, 0.6) is 0 Å². The third kappa shape index (κ3) is 5.55. The largest absolute Gasteiger partial charge is 0.364 e. The minimum absolute atomic E-state index is 0.0485. The van der Waals surface area contributed by atoms with Crippen molar-refractivity contribution in [2.45, 2.75) is 20.4 Å². The molecule has 0 spiro atoms. The minimum atomic E-state index is -0.0485. The van der Waals surface area contributed by atoms with Crippen LogP contribution in [0, 0.1) is 0 Å². The maximum absolute atomic E-state index is 11.6. The number of amides is 1. The van der Waals surface area contributed by atoms with E-state index in [2.05, 4.69) is 30.6 Å². The number of hydrogen-bond acceptors (Lipinski definition) is 5. The minimum Gasteiger partial charge on any atom is -0.364 e. The normalized spacial score (nSPS) is 16.4. The van der Waals surface area contributed by atoms with E-state index >= 15 is 0 Å². The first-order chi connectivity index (χ1) is 11.2. The topological polar surface area (TPSA) is 86.0 Å². The van der Waals surface area contributed by atoms with E-state index in [1.165, 1.54) is 0 Å². The number of nitrogens with zero attached hydrogens (tertiary/aromatic N) is 4. The van der Waals surface area contributed by atoms with Crippen molar-refractivity contribution >= 4 is 11.9 Å². The van der Waals surface area contributed by atoms with Crippen molar-refractivity contribution in [1.29, 1.82) is 0 Å². The molecule has 1 aromatic rings. The molecule has 0 saturated carbocycles. The standard InChI is InChI=1S/C15H26N6O2/c1-3-16-14(22)11-18-15(17-4-2)21-8-6-20(7-9-21)12-13-5-10-23-19-13/h5,10H,3-4,6-9,11-12H2,1-2H3,(H,16,22)(H,17,18). The van der Waals surface area contributed by atoms with E-state index in [1.54, 1.807) is 6.26 Å². The first-order valence-electron chi connectivity index (χ1n) is 8.14. The number of piperazine rings is 1. The van der Waals surface area contributed by atoms with Gasteiger partial charge in [0.1, 0.15) is 12.8 Å². The molecule has 8 nitrogen and oxygen atoms in total. The van der Waals surface area contributed by atoms with Crippen LogP contribution in [0.2, 0.25) is 0 Å². The number of likely N-dealkylation sites (N-methyl/N-ethyl adjacent to an activating group) is 1. The molecule has 1 fully saturated rings. The Labute approximate surface area is 136 Å². The van der Waals surface area contributed by atoms with Crippen LogP contribution >= 0.6 is 0 Å². The highest BCUT2D eigenvalue weighted by Gasteiger charge is 2.20. The van der Waals surface area contributed by atoms with Gasteiger partial charge in [-0.2, -0.15) is 0 Å². The van der Waals surface area contributed by atoms with Gasteiger partial charge in [-0.15, -0.1) is 0 Å². The third-order valence-corrected chi connectivity index (χ3v) is 3.63. The molecule has 0 aromatic carbocycles. The number of aliphatic imine (C=N–C) groups is 1. The third-order valence-electron chi connectivity index (χ3n) is 3.63. The molecule has 0 aliphatic carbocycles. The van der Waals surface area contributed by atoms with Crippen LogP contribution in [0.15, 0.2) is 21.8 Å². The fraction of sp³-hybridized carbons (Fsp3) is 0.667. The highest BCUT2D eigenvalue weighted by atomic mass is 16.5. The molecule has 23 heavy (non-hydrogen) atoms. The Morgan fingerprint density at radius 1 is 1.26 bits per heavy atom. The maximum Gasteiger partial charge on any atom is 0.241 e. The second-order valence-electron chi connectivity index (χ2n) is 5.38. The predicted octanol–water partition coefficient (Wildman–Crippen LogP) is -0.106. The molecule has 0 radical (unpaired) electrons. The Balaban J connectivity index is 1.84. The van der Waals surface area contributed by atoms with Gasteiger partial charge in [0.2, 0.25) is 5.91 Å². The van der Waals surface area contributed by atoms with Crippen molar-refractivity contribution in [2.24, 2.45) is 4.99 Å². The lowest BCUT2D eigenvalue weighted by molar-refractivity contribution is -0.119. The Bertz CT molecular complexity index is 494. The highest BCUT2D eigenvalue weighted by Crippen LogP contribution is 2.07. The first kappa shape index (κ1) is 17.3. The molecule has 8 heteroatoms. The fourth-order valence-electron chi connectivity index (χ4n) is 2.49. The van der Waals surface area contributed by atoms with Gasteiger partial charge in [-0.1, -0.05) is 5.16 Å². The summed E-state index contributed by atoms with van der Waals surface area (Å²) in [4.78, 5) is 20.5. The van der Waals surface area contributed by atoms with Gasteiger partial charge in [0, 0.05) is 51.9 Å². The van der Waals surface area contributed by atoms with Crippen molar-refractivity contribution in [3.63, 3.8) is 0 Å². The van der Waals surface area contributed by atoms with Crippen LogP contribution in [0.4, 0.5) is 0 Å². The van der Waals surface area contributed by atoms with Crippen LogP contribution in [0.25, 0.3) is 0 Å². The van der Waals surface area contributed by atoms with E-state index in [0.29, 0.717) is 6.54 Å². The summed E-state index contributed by atoms with van der Waals surface area (Å²) in [5, 5.41) is 9.97. The zero-order valence-corrected chi connectivity index (χ0v) is 13.9. The molecule has 2 N–H and O–H groups in total. The highest BCUT2D eigenvalue weighted by molar-refractivity contribution is 5.85. The first-order valence-corrected chi connectivity index (χ1v) is 8.14.